The van der Waals surface area contributed by atoms with Gasteiger partial charge in [-0.1, -0.05) is 12.1 Å². The van der Waals surface area contributed by atoms with Crippen LogP contribution in [-0.4, -0.2) is 43.5 Å². The van der Waals surface area contributed by atoms with Crippen LogP contribution in [0.1, 0.15) is 21.3 Å². The Morgan fingerprint density at radius 2 is 2.04 bits per heavy atom. The number of carbonyl (C=O) groups is 1. The number of amides is 1. The molecule has 1 aromatic heterocycles. The van der Waals surface area contributed by atoms with Gasteiger partial charge in [0.1, 0.15) is 5.75 Å². The Labute approximate surface area is 166 Å². The molecule has 0 aliphatic rings. The molecule has 1 heterocycles. The first-order chi connectivity index (χ1) is 13.4. The molecule has 146 valence electrons. The summed E-state index contributed by atoms with van der Waals surface area (Å²) in [7, 11) is 5.53. The summed E-state index contributed by atoms with van der Waals surface area (Å²) in [5.41, 5.74) is 1.06. The van der Waals surface area contributed by atoms with Gasteiger partial charge in [0.05, 0.1) is 23.0 Å². The molecule has 0 radical (unpaired) electrons. The van der Waals surface area contributed by atoms with E-state index in [0.717, 1.165) is 16.0 Å². The molecule has 0 spiro atoms. The number of rotatable bonds is 7. The van der Waals surface area contributed by atoms with Crippen LogP contribution in [0.15, 0.2) is 48.5 Å². The lowest BCUT2D eigenvalue weighted by Crippen LogP contribution is -2.34. The van der Waals surface area contributed by atoms with Crippen LogP contribution in [0.5, 0.6) is 5.75 Å². The van der Waals surface area contributed by atoms with E-state index < -0.39 is 4.92 Å². The van der Waals surface area contributed by atoms with Gasteiger partial charge in [0.15, 0.2) is 0 Å². The third-order valence-electron chi connectivity index (χ3n) is 4.49. The Balaban J connectivity index is 1.75. The number of nitro groups is 1. The molecule has 1 unspecified atom stereocenters. The maximum absolute atomic E-state index is 12.6. The third kappa shape index (κ3) is 4.29. The lowest BCUT2D eigenvalue weighted by atomic mass is 10.1. The highest BCUT2D eigenvalue weighted by atomic mass is 32.1. The second kappa shape index (κ2) is 8.37. The molecule has 0 aliphatic carbocycles. The first kappa shape index (κ1) is 19.8. The molecule has 8 heteroatoms. The fraction of sp³-hybridized carbons (Fsp3) is 0.250. The predicted molar refractivity (Wildman–Crippen MR) is 110 cm³/mol. The quantitative estimate of drug-likeness (QED) is 0.482. The predicted octanol–water partition coefficient (Wildman–Crippen LogP) is 3.85. The number of hydrogen-bond donors (Lipinski definition) is 1. The maximum atomic E-state index is 12.6. The van der Waals surface area contributed by atoms with Crippen LogP contribution in [0, 0.1) is 10.1 Å². The topological polar surface area (TPSA) is 84.7 Å². The summed E-state index contributed by atoms with van der Waals surface area (Å²) in [5.74, 6) is 0.570. The zero-order valence-electron chi connectivity index (χ0n) is 15.8. The molecule has 0 aliphatic heterocycles. The molecule has 0 bridgehead atoms. The lowest BCUT2D eigenvalue weighted by molar-refractivity contribution is -0.384. The molecule has 1 N–H and O–H groups in total. The van der Waals surface area contributed by atoms with Crippen LogP contribution in [0.25, 0.3) is 10.1 Å². The van der Waals surface area contributed by atoms with Crippen molar-refractivity contribution in [2.24, 2.45) is 0 Å². The van der Waals surface area contributed by atoms with E-state index in [1.165, 1.54) is 23.5 Å². The Morgan fingerprint density at radius 3 is 2.71 bits per heavy atom. The molecule has 0 fully saturated rings. The van der Waals surface area contributed by atoms with Gasteiger partial charge in [0, 0.05) is 28.8 Å². The number of nitrogens with zero attached hydrogens (tertiary/aromatic N) is 2. The van der Waals surface area contributed by atoms with Gasteiger partial charge in [-0.3, -0.25) is 14.9 Å². The molecular formula is C20H21N3O4S. The number of thiophene rings is 1. The fourth-order valence-electron chi connectivity index (χ4n) is 2.98. The highest BCUT2D eigenvalue weighted by molar-refractivity contribution is 7.20. The minimum atomic E-state index is -0.438. The Morgan fingerprint density at radius 1 is 1.25 bits per heavy atom. The highest BCUT2D eigenvalue weighted by Gasteiger charge is 2.18. The standard InChI is InChI=1S/C20H21N3O4S/c1-22(2)17(13-5-4-6-16(10-13)27-3)12-21-20(24)19-11-14-9-15(23(25)26)7-8-18(14)28-19/h4-11,17H,12H2,1-3H3,(H,21,24). The number of ether oxygens (including phenoxy) is 1. The molecule has 0 saturated heterocycles. The molecule has 3 aromatic rings. The van der Waals surface area contributed by atoms with Crippen LogP contribution in [0.4, 0.5) is 5.69 Å². The number of non-ortho nitro benzene ring substituents is 1. The van der Waals surface area contributed by atoms with Gasteiger partial charge < -0.3 is 15.0 Å². The smallest absolute Gasteiger partial charge is 0.270 e. The van der Waals surface area contributed by atoms with Crippen molar-refractivity contribution in [1.82, 2.24) is 10.2 Å². The third-order valence-corrected chi connectivity index (χ3v) is 5.61. The van der Waals surface area contributed by atoms with Crippen molar-refractivity contribution < 1.29 is 14.5 Å². The van der Waals surface area contributed by atoms with Gasteiger partial charge in [-0.2, -0.15) is 0 Å². The van der Waals surface area contributed by atoms with Crippen molar-refractivity contribution in [3.8, 4) is 5.75 Å². The first-order valence-corrected chi connectivity index (χ1v) is 9.47. The van der Waals surface area contributed by atoms with Crippen LogP contribution in [0.2, 0.25) is 0 Å². The first-order valence-electron chi connectivity index (χ1n) is 8.65. The van der Waals surface area contributed by atoms with Crippen molar-refractivity contribution in [3.05, 3.63) is 69.1 Å². The van der Waals surface area contributed by atoms with E-state index in [2.05, 4.69) is 5.32 Å². The number of methoxy groups -OCH3 is 1. The lowest BCUT2D eigenvalue weighted by Gasteiger charge is -2.25. The molecule has 28 heavy (non-hydrogen) atoms. The number of carbonyl (C=O) groups excluding carboxylic acids is 1. The van der Waals surface area contributed by atoms with Crippen molar-refractivity contribution in [2.75, 3.05) is 27.7 Å². The monoisotopic (exact) mass is 399 g/mol. The summed E-state index contributed by atoms with van der Waals surface area (Å²) < 4.78 is 6.13. The van der Waals surface area contributed by atoms with Gasteiger partial charge in [-0.05, 0) is 43.9 Å². The van der Waals surface area contributed by atoms with Crippen LogP contribution in [-0.2, 0) is 0 Å². The second-order valence-electron chi connectivity index (χ2n) is 6.56. The average Bonchev–Trinajstić information content (AvgIpc) is 3.11. The summed E-state index contributed by atoms with van der Waals surface area (Å²) >= 11 is 1.32. The van der Waals surface area contributed by atoms with E-state index >= 15 is 0 Å². The summed E-state index contributed by atoms with van der Waals surface area (Å²) in [4.78, 5) is 25.7. The number of hydrogen-bond acceptors (Lipinski definition) is 6. The summed E-state index contributed by atoms with van der Waals surface area (Å²) in [6.07, 6.45) is 0. The van der Waals surface area contributed by atoms with E-state index in [9.17, 15) is 14.9 Å². The second-order valence-corrected chi connectivity index (χ2v) is 7.64. The molecule has 1 amide bonds. The molecular weight excluding hydrogens is 378 g/mol. The maximum Gasteiger partial charge on any atom is 0.270 e. The zero-order valence-corrected chi connectivity index (χ0v) is 16.7. The zero-order chi connectivity index (χ0) is 20.3. The molecule has 3 rings (SSSR count). The van der Waals surface area contributed by atoms with E-state index in [0.29, 0.717) is 16.8 Å². The summed E-state index contributed by atoms with van der Waals surface area (Å²) in [6, 6.07) is 14.0. The molecule has 2 aromatic carbocycles. The van der Waals surface area contributed by atoms with Crippen LogP contribution in [0.3, 0.4) is 0 Å². The fourth-order valence-corrected chi connectivity index (χ4v) is 3.94. The van der Waals surface area contributed by atoms with Gasteiger partial charge in [0.2, 0.25) is 0 Å². The van der Waals surface area contributed by atoms with Gasteiger partial charge >= 0.3 is 0 Å². The Kier molecular flexibility index (Phi) is 5.91. The van der Waals surface area contributed by atoms with Gasteiger partial charge in [-0.15, -0.1) is 11.3 Å². The normalized spacial score (nSPS) is 12.1. The summed E-state index contributed by atoms with van der Waals surface area (Å²) in [5, 5.41) is 14.6. The van der Waals surface area contributed by atoms with Crippen LogP contribution >= 0.6 is 11.3 Å². The van der Waals surface area contributed by atoms with Gasteiger partial charge in [-0.25, -0.2) is 0 Å². The molecule has 7 nitrogen and oxygen atoms in total. The number of benzene rings is 2. The van der Waals surface area contributed by atoms with Crippen molar-refractivity contribution in [1.29, 1.82) is 0 Å². The SMILES string of the molecule is COc1cccc(C(CNC(=O)c2cc3cc([N+](=O)[O-])ccc3s2)N(C)C)c1. The number of likely N-dealkylation sites (N-methyl/N-ethyl adjacent to an activating group) is 1. The van der Waals surface area contributed by atoms with Crippen molar-refractivity contribution >= 4 is 33.0 Å². The largest absolute Gasteiger partial charge is 0.497 e. The number of nitrogens with one attached hydrogen (secondary N) is 1. The molecule has 1 atom stereocenters. The van der Waals surface area contributed by atoms with Crippen molar-refractivity contribution in [3.63, 3.8) is 0 Å². The molecule has 0 saturated carbocycles. The van der Waals surface area contributed by atoms with Crippen molar-refractivity contribution in [2.45, 2.75) is 6.04 Å². The number of nitro benzene ring substituents is 1. The highest BCUT2D eigenvalue weighted by Crippen LogP contribution is 2.29. The number of fused-ring (bicyclic) bond motifs is 1. The van der Waals surface area contributed by atoms with E-state index in [1.54, 1.807) is 19.2 Å². The average molecular weight is 399 g/mol. The summed E-state index contributed by atoms with van der Waals surface area (Å²) in [6.45, 7) is 0.424. The Bertz CT molecular complexity index is 1020. The van der Waals surface area contributed by atoms with E-state index in [1.807, 2.05) is 43.3 Å². The van der Waals surface area contributed by atoms with E-state index in [-0.39, 0.29) is 17.6 Å². The Hall–Kier alpha value is -2.97. The van der Waals surface area contributed by atoms with Gasteiger partial charge in [0.25, 0.3) is 11.6 Å². The minimum Gasteiger partial charge on any atom is -0.497 e. The minimum absolute atomic E-state index is 0.0166. The van der Waals surface area contributed by atoms with E-state index in [4.69, 9.17) is 4.74 Å². The van der Waals surface area contributed by atoms with Crippen LogP contribution < -0.4 is 10.1 Å².